The summed E-state index contributed by atoms with van der Waals surface area (Å²) in [6.45, 7) is 1.60. The third kappa shape index (κ3) is 2.59. The highest BCUT2D eigenvalue weighted by Gasteiger charge is 2.50. The van der Waals surface area contributed by atoms with E-state index in [1.165, 1.54) is 0 Å². The number of halogens is 3. The fourth-order valence-electron chi connectivity index (χ4n) is 4.37. The highest BCUT2D eigenvalue weighted by Crippen LogP contribution is 2.54. The smallest absolute Gasteiger partial charge is 0.389 e. The average molecular weight is 377 g/mol. The molecule has 1 atom stereocenters. The van der Waals surface area contributed by atoms with E-state index in [1.54, 1.807) is 0 Å². The van der Waals surface area contributed by atoms with E-state index >= 15 is 0 Å². The molecule has 142 valence electrons. The number of fused-ring (bicyclic) bond motifs is 5. The van der Waals surface area contributed by atoms with Crippen molar-refractivity contribution >= 4 is 5.69 Å². The molecule has 4 nitrogen and oxygen atoms in total. The van der Waals surface area contributed by atoms with Crippen molar-refractivity contribution in [3.05, 3.63) is 47.5 Å². The van der Waals surface area contributed by atoms with Crippen molar-refractivity contribution < 1.29 is 27.4 Å². The number of benzene rings is 2. The summed E-state index contributed by atoms with van der Waals surface area (Å²) in [4.78, 5) is 2.05. The van der Waals surface area contributed by atoms with Gasteiger partial charge in [-0.15, -0.1) is 0 Å². The number of ether oxygens (including phenoxy) is 3. The predicted molar refractivity (Wildman–Crippen MR) is 92.8 cm³/mol. The van der Waals surface area contributed by atoms with E-state index in [0.29, 0.717) is 31.2 Å². The Kier molecular flexibility index (Phi) is 3.51. The van der Waals surface area contributed by atoms with E-state index in [9.17, 15) is 13.2 Å². The Morgan fingerprint density at radius 1 is 0.963 bits per heavy atom. The van der Waals surface area contributed by atoms with Crippen molar-refractivity contribution in [1.82, 2.24) is 0 Å². The van der Waals surface area contributed by atoms with Crippen molar-refractivity contribution in [3.63, 3.8) is 0 Å². The van der Waals surface area contributed by atoms with Crippen LogP contribution in [0, 0.1) is 0 Å². The first kappa shape index (κ1) is 16.6. The molecule has 0 aromatic heterocycles. The van der Waals surface area contributed by atoms with Gasteiger partial charge in [-0.25, -0.2) is 0 Å². The van der Waals surface area contributed by atoms with E-state index in [-0.39, 0.29) is 13.2 Å². The summed E-state index contributed by atoms with van der Waals surface area (Å²) >= 11 is 0. The van der Waals surface area contributed by atoms with E-state index in [2.05, 4.69) is 0 Å². The Morgan fingerprint density at radius 3 is 2.56 bits per heavy atom. The highest BCUT2D eigenvalue weighted by molar-refractivity contribution is 5.70. The molecular weight excluding hydrogens is 359 g/mol. The molecule has 0 saturated heterocycles. The molecule has 1 unspecified atom stereocenters. The van der Waals surface area contributed by atoms with Gasteiger partial charge in [-0.2, -0.15) is 13.2 Å². The van der Waals surface area contributed by atoms with E-state index in [4.69, 9.17) is 14.2 Å². The maximum Gasteiger partial charge on any atom is 0.389 e. The van der Waals surface area contributed by atoms with Crippen LogP contribution in [0.3, 0.4) is 0 Å². The summed E-state index contributed by atoms with van der Waals surface area (Å²) in [5.41, 5.74) is 2.69. The van der Waals surface area contributed by atoms with Crippen LogP contribution in [0.5, 0.6) is 17.2 Å². The van der Waals surface area contributed by atoms with E-state index < -0.39 is 18.0 Å². The van der Waals surface area contributed by atoms with E-state index in [1.807, 2.05) is 41.3 Å². The summed E-state index contributed by atoms with van der Waals surface area (Å²) in [5, 5.41) is 0. The van der Waals surface area contributed by atoms with Crippen molar-refractivity contribution in [2.75, 3.05) is 31.4 Å². The molecule has 2 aromatic carbocycles. The van der Waals surface area contributed by atoms with Gasteiger partial charge in [0.05, 0.1) is 5.41 Å². The van der Waals surface area contributed by atoms with E-state index in [0.717, 1.165) is 22.6 Å². The van der Waals surface area contributed by atoms with Crippen molar-refractivity contribution in [3.8, 4) is 17.2 Å². The van der Waals surface area contributed by atoms with Gasteiger partial charge in [-0.3, -0.25) is 0 Å². The standard InChI is InChI=1S/C20H18F3NO3/c21-20(22,23)6-3-7-24-10-19(13-4-1-2-5-15(13)24)11-25-16-9-18-17(8-14(16)19)26-12-27-18/h1-2,4-5,8-9H,3,6-7,10-12H2. The van der Waals surface area contributed by atoms with Gasteiger partial charge in [0.2, 0.25) is 6.79 Å². The molecule has 1 spiro atoms. The quantitative estimate of drug-likeness (QED) is 0.800. The number of rotatable bonds is 3. The van der Waals surface area contributed by atoms with Gasteiger partial charge < -0.3 is 19.1 Å². The second-order valence-corrected chi connectivity index (χ2v) is 7.23. The molecule has 27 heavy (non-hydrogen) atoms. The number of nitrogens with zero attached hydrogens (tertiary/aromatic N) is 1. The van der Waals surface area contributed by atoms with Crippen LogP contribution in [0.15, 0.2) is 36.4 Å². The second kappa shape index (κ2) is 5.71. The number of para-hydroxylation sites is 1. The van der Waals surface area contributed by atoms with Crippen LogP contribution in [0.25, 0.3) is 0 Å². The minimum absolute atomic E-state index is 0.0722. The van der Waals surface area contributed by atoms with Gasteiger partial charge in [0.25, 0.3) is 0 Å². The SMILES string of the molecule is FC(F)(F)CCCN1CC2(COc3cc4c(cc32)OCO4)c2ccccc21. The first-order chi connectivity index (χ1) is 13.0. The minimum atomic E-state index is -4.13. The first-order valence-electron chi connectivity index (χ1n) is 8.94. The molecule has 0 bridgehead atoms. The van der Waals surface area contributed by atoms with Gasteiger partial charge in [-0.1, -0.05) is 18.2 Å². The number of alkyl halides is 3. The summed E-state index contributed by atoms with van der Waals surface area (Å²) in [6, 6.07) is 11.7. The molecule has 5 rings (SSSR count). The van der Waals surface area contributed by atoms with Crippen molar-refractivity contribution in [2.24, 2.45) is 0 Å². The highest BCUT2D eigenvalue weighted by atomic mass is 19.4. The molecule has 7 heteroatoms. The van der Waals surface area contributed by atoms with Gasteiger partial charge in [0.1, 0.15) is 12.4 Å². The van der Waals surface area contributed by atoms with Crippen LogP contribution in [0.1, 0.15) is 24.0 Å². The lowest BCUT2D eigenvalue weighted by Crippen LogP contribution is -2.36. The lowest BCUT2D eigenvalue weighted by Gasteiger charge is -2.25. The molecule has 3 aliphatic rings. The number of hydrogen-bond donors (Lipinski definition) is 0. The second-order valence-electron chi connectivity index (χ2n) is 7.23. The maximum atomic E-state index is 12.6. The lowest BCUT2D eigenvalue weighted by molar-refractivity contribution is -0.135. The molecular formula is C20H18F3NO3. The number of anilines is 1. The Bertz CT molecular complexity index is 899. The summed E-state index contributed by atoms with van der Waals surface area (Å²) in [6.07, 6.45) is -4.83. The average Bonchev–Trinajstić information content (AvgIpc) is 3.31. The normalized spacial score (nSPS) is 22.1. The summed E-state index contributed by atoms with van der Waals surface area (Å²) < 4.78 is 54.7. The fraction of sp³-hybridized carbons (Fsp3) is 0.400. The molecule has 0 fully saturated rings. The molecule has 0 saturated carbocycles. The van der Waals surface area contributed by atoms with Crippen molar-refractivity contribution in [1.29, 1.82) is 0 Å². The fourth-order valence-corrected chi connectivity index (χ4v) is 4.37. The lowest BCUT2D eigenvalue weighted by atomic mass is 9.77. The Hall–Kier alpha value is -2.57. The third-order valence-corrected chi connectivity index (χ3v) is 5.57. The van der Waals surface area contributed by atoms with Crippen LogP contribution in [-0.4, -0.2) is 32.7 Å². The van der Waals surface area contributed by atoms with Crippen LogP contribution < -0.4 is 19.1 Å². The Labute approximate surface area is 154 Å². The first-order valence-corrected chi connectivity index (χ1v) is 8.94. The molecule has 0 radical (unpaired) electrons. The molecule has 0 aliphatic carbocycles. The summed E-state index contributed by atoms with van der Waals surface area (Å²) in [7, 11) is 0. The molecule has 0 amide bonds. The Balaban J connectivity index is 1.50. The Morgan fingerprint density at radius 2 is 1.74 bits per heavy atom. The molecule has 0 N–H and O–H groups in total. The molecule has 3 heterocycles. The van der Waals surface area contributed by atoms with Gasteiger partial charge in [0.15, 0.2) is 11.5 Å². The minimum Gasteiger partial charge on any atom is -0.492 e. The zero-order valence-corrected chi connectivity index (χ0v) is 14.5. The van der Waals surface area contributed by atoms with Crippen LogP contribution >= 0.6 is 0 Å². The van der Waals surface area contributed by atoms with Crippen molar-refractivity contribution in [2.45, 2.75) is 24.4 Å². The van der Waals surface area contributed by atoms with Crippen LogP contribution in [0.2, 0.25) is 0 Å². The van der Waals surface area contributed by atoms with Crippen LogP contribution in [0.4, 0.5) is 18.9 Å². The van der Waals surface area contributed by atoms with Gasteiger partial charge in [0, 0.05) is 36.8 Å². The molecule has 3 aliphatic heterocycles. The van der Waals surface area contributed by atoms with Gasteiger partial charge >= 0.3 is 6.18 Å². The van der Waals surface area contributed by atoms with Gasteiger partial charge in [-0.05, 0) is 24.1 Å². The summed E-state index contributed by atoms with van der Waals surface area (Å²) in [5.74, 6) is 2.11. The topological polar surface area (TPSA) is 30.9 Å². The zero-order chi connectivity index (χ0) is 18.6. The van der Waals surface area contributed by atoms with Crippen LogP contribution in [-0.2, 0) is 5.41 Å². The zero-order valence-electron chi connectivity index (χ0n) is 14.5. The predicted octanol–water partition coefficient (Wildman–Crippen LogP) is 4.26. The third-order valence-electron chi connectivity index (χ3n) is 5.57. The number of hydrogen-bond acceptors (Lipinski definition) is 4. The molecule has 2 aromatic rings. The maximum absolute atomic E-state index is 12.6. The largest absolute Gasteiger partial charge is 0.492 e. The monoisotopic (exact) mass is 377 g/mol.